The number of benzene rings is 1. The van der Waals surface area contributed by atoms with Gasteiger partial charge in [-0.1, -0.05) is 0 Å². The van der Waals surface area contributed by atoms with Crippen molar-refractivity contribution in [2.24, 2.45) is 0 Å². The van der Waals surface area contributed by atoms with Gasteiger partial charge in [0.15, 0.2) is 11.5 Å². The van der Waals surface area contributed by atoms with Gasteiger partial charge in [0.2, 0.25) is 6.79 Å². The molecule has 0 bridgehead atoms. The van der Waals surface area contributed by atoms with Crippen LogP contribution in [0, 0.1) is 0 Å². The predicted molar refractivity (Wildman–Crippen MR) is 82.4 cm³/mol. The minimum absolute atomic E-state index is 0.0883. The highest BCUT2D eigenvalue weighted by atomic mass is 79.9. The normalized spacial score (nSPS) is 13.1. The molecule has 3 rings (SSSR count). The van der Waals surface area contributed by atoms with Gasteiger partial charge in [-0.2, -0.15) is 0 Å². The molecule has 1 aliphatic heterocycles. The molecule has 0 saturated carbocycles. The molecule has 0 atom stereocenters. The van der Waals surface area contributed by atoms with Crippen LogP contribution in [0.1, 0.15) is 10.4 Å². The Kier molecular flexibility index (Phi) is 4.08. The number of halogens is 1. The Labute approximate surface area is 138 Å². The summed E-state index contributed by atoms with van der Waals surface area (Å²) in [5, 5.41) is 0. The van der Waals surface area contributed by atoms with E-state index in [-0.39, 0.29) is 16.6 Å². The minimum Gasteiger partial charge on any atom is -0.454 e. The summed E-state index contributed by atoms with van der Waals surface area (Å²) >= 11 is 4.22. The summed E-state index contributed by atoms with van der Waals surface area (Å²) in [6, 6.07) is 7.62. The summed E-state index contributed by atoms with van der Waals surface area (Å²) in [5.41, 5.74) is 2.41. The third-order valence-electron chi connectivity index (χ3n) is 2.75. The van der Waals surface area contributed by atoms with Crippen LogP contribution < -0.4 is 19.7 Å². The standard InChI is InChI=1S/C12H9BrN2O5S2/c13-10-3-4-11(21-10)22(17,18)15-14-12(16)7-1-2-8-9(5-7)20-6-19-8/h1-5,15H,6H2,(H,14,16). The maximum Gasteiger partial charge on any atom is 0.266 e. The SMILES string of the molecule is O=C(NNS(=O)(=O)c1ccc(Br)s1)c1ccc2c(c1)OCO2. The van der Waals surface area contributed by atoms with Crippen molar-refractivity contribution in [1.82, 2.24) is 10.3 Å². The first-order chi connectivity index (χ1) is 10.5. The lowest BCUT2D eigenvalue weighted by molar-refractivity contribution is 0.0944. The number of nitrogens with one attached hydrogen (secondary N) is 2. The number of carbonyl (C=O) groups excluding carboxylic acids is 1. The Hall–Kier alpha value is -1.62. The second kappa shape index (κ2) is 5.88. The van der Waals surface area contributed by atoms with Crippen molar-refractivity contribution >= 4 is 43.2 Å². The van der Waals surface area contributed by atoms with Crippen molar-refractivity contribution in [3.05, 3.63) is 39.7 Å². The number of amides is 1. The van der Waals surface area contributed by atoms with Gasteiger partial charge in [-0.3, -0.25) is 10.2 Å². The molecule has 1 aromatic carbocycles. The van der Waals surface area contributed by atoms with Crippen molar-refractivity contribution in [3.63, 3.8) is 0 Å². The van der Waals surface area contributed by atoms with Gasteiger partial charge in [-0.05, 0) is 46.3 Å². The smallest absolute Gasteiger partial charge is 0.266 e. The molecule has 1 amide bonds. The van der Waals surface area contributed by atoms with Crippen LogP contribution in [0.2, 0.25) is 0 Å². The highest BCUT2D eigenvalue weighted by molar-refractivity contribution is 9.11. The fourth-order valence-electron chi connectivity index (χ4n) is 1.72. The first kappa shape index (κ1) is 15.3. The molecule has 0 spiro atoms. The van der Waals surface area contributed by atoms with Gasteiger partial charge in [0.1, 0.15) is 4.21 Å². The van der Waals surface area contributed by atoms with E-state index >= 15 is 0 Å². The molecule has 0 radical (unpaired) electrons. The molecular weight excluding hydrogens is 396 g/mol. The molecule has 2 heterocycles. The van der Waals surface area contributed by atoms with Gasteiger partial charge in [0.05, 0.1) is 3.79 Å². The highest BCUT2D eigenvalue weighted by Crippen LogP contribution is 2.32. The summed E-state index contributed by atoms with van der Waals surface area (Å²) in [7, 11) is -3.80. The van der Waals surface area contributed by atoms with Gasteiger partial charge >= 0.3 is 0 Å². The first-order valence-electron chi connectivity index (χ1n) is 5.93. The van der Waals surface area contributed by atoms with Gasteiger partial charge in [-0.25, -0.2) is 8.42 Å². The quantitative estimate of drug-likeness (QED) is 0.758. The summed E-state index contributed by atoms with van der Waals surface area (Å²) < 4.78 is 35.0. The molecule has 22 heavy (non-hydrogen) atoms. The number of hydrogen-bond acceptors (Lipinski definition) is 6. The number of thiophene rings is 1. The molecule has 0 aliphatic carbocycles. The lowest BCUT2D eigenvalue weighted by atomic mass is 10.2. The van der Waals surface area contributed by atoms with Gasteiger partial charge in [0, 0.05) is 5.56 Å². The molecule has 0 saturated heterocycles. The van der Waals surface area contributed by atoms with E-state index in [4.69, 9.17) is 9.47 Å². The Morgan fingerprint density at radius 1 is 1.18 bits per heavy atom. The average Bonchev–Trinajstić information content (AvgIpc) is 3.12. The highest BCUT2D eigenvalue weighted by Gasteiger charge is 2.19. The zero-order valence-corrected chi connectivity index (χ0v) is 14.0. The van der Waals surface area contributed by atoms with Gasteiger partial charge in [-0.15, -0.1) is 16.2 Å². The van der Waals surface area contributed by atoms with Crippen molar-refractivity contribution in [2.75, 3.05) is 6.79 Å². The third kappa shape index (κ3) is 3.09. The number of rotatable bonds is 4. The van der Waals surface area contributed by atoms with Crippen LogP contribution in [0.25, 0.3) is 0 Å². The zero-order valence-electron chi connectivity index (χ0n) is 10.8. The maximum atomic E-state index is 12.0. The number of fused-ring (bicyclic) bond motifs is 1. The van der Waals surface area contributed by atoms with E-state index in [1.165, 1.54) is 18.2 Å². The van der Waals surface area contributed by atoms with Crippen LogP contribution in [0.4, 0.5) is 0 Å². The summed E-state index contributed by atoms with van der Waals surface area (Å²) in [4.78, 5) is 14.0. The second-order valence-electron chi connectivity index (χ2n) is 4.19. The van der Waals surface area contributed by atoms with E-state index in [1.807, 2.05) is 4.83 Å². The third-order valence-corrected chi connectivity index (χ3v) is 6.11. The Balaban J connectivity index is 1.70. The van der Waals surface area contributed by atoms with Crippen LogP contribution in [-0.2, 0) is 10.0 Å². The summed E-state index contributed by atoms with van der Waals surface area (Å²) in [5.74, 6) is 0.385. The van der Waals surface area contributed by atoms with Gasteiger partial charge < -0.3 is 9.47 Å². The molecule has 1 aliphatic rings. The molecule has 7 nitrogen and oxygen atoms in total. The number of hydrazine groups is 1. The first-order valence-corrected chi connectivity index (χ1v) is 9.02. The molecular formula is C12H9BrN2O5S2. The van der Waals surface area contributed by atoms with E-state index in [1.54, 1.807) is 12.1 Å². The average molecular weight is 405 g/mol. The maximum absolute atomic E-state index is 12.0. The largest absolute Gasteiger partial charge is 0.454 e. The Bertz CT molecular complexity index is 834. The molecule has 0 fully saturated rings. The van der Waals surface area contributed by atoms with Crippen LogP contribution >= 0.6 is 27.3 Å². The van der Waals surface area contributed by atoms with Crippen molar-refractivity contribution in [3.8, 4) is 11.5 Å². The van der Waals surface area contributed by atoms with E-state index < -0.39 is 15.9 Å². The van der Waals surface area contributed by atoms with Crippen LogP contribution in [0.15, 0.2) is 38.3 Å². The van der Waals surface area contributed by atoms with E-state index in [9.17, 15) is 13.2 Å². The molecule has 1 aromatic heterocycles. The van der Waals surface area contributed by atoms with Gasteiger partial charge in [0.25, 0.3) is 15.9 Å². The number of hydrogen-bond donors (Lipinski definition) is 2. The van der Waals surface area contributed by atoms with Crippen molar-refractivity contribution in [1.29, 1.82) is 0 Å². The van der Waals surface area contributed by atoms with E-state index in [0.717, 1.165) is 11.3 Å². The van der Waals surface area contributed by atoms with Crippen LogP contribution in [-0.4, -0.2) is 21.1 Å². The van der Waals surface area contributed by atoms with Crippen molar-refractivity contribution < 1.29 is 22.7 Å². The van der Waals surface area contributed by atoms with Crippen LogP contribution in [0.3, 0.4) is 0 Å². The van der Waals surface area contributed by atoms with Crippen LogP contribution in [0.5, 0.6) is 11.5 Å². The molecule has 2 N–H and O–H groups in total. The topological polar surface area (TPSA) is 93.7 Å². The summed E-state index contributed by atoms with van der Waals surface area (Å²) in [6.07, 6.45) is 0. The number of sulfonamides is 1. The minimum atomic E-state index is -3.80. The zero-order chi connectivity index (χ0) is 15.7. The molecule has 2 aromatic rings. The molecule has 116 valence electrons. The lowest BCUT2D eigenvalue weighted by Crippen LogP contribution is -2.41. The molecule has 10 heteroatoms. The monoisotopic (exact) mass is 404 g/mol. The Morgan fingerprint density at radius 2 is 1.95 bits per heavy atom. The summed E-state index contributed by atoms with van der Waals surface area (Å²) in [6.45, 7) is 0.0975. The van der Waals surface area contributed by atoms with Crippen molar-refractivity contribution in [2.45, 2.75) is 4.21 Å². The molecule has 0 unspecified atom stereocenters. The fourth-order valence-corrected chi connectivity index (χ4v) is 4.57. The second-order valence-corrected chi connectivity index (χ2v) is 8.56. The Morgan fingerprint density at radius 3 is 2.68 bits per heavy atom. The predicted octanol–water partition coefficient (Wildman–Crippen LogP) is 1.86. The van der Waals surface area contributed by atoms with E-state index in [2.05, 4.69) is 21.4 Å². The number of carbonyl (C=O) groups is 1. The lowest BCUT2D eigenvalue weighted by Gasteiger charge is -2.07. The fraction of sp³-hybridized carbons (Fsp3) is 0.0833. The van der Waals surface area contributed by atoms with E-state index in [0.29, 0.717) is 15.3 Å². The number of ether oxygens (including phenoxy) is 2.